The molecule has 1 aliphatic carbocycles. The summed E-state index contributed by atoms with van der Waals surface area (Å²) in [5.41, 5.74) is -4.10. The van der Waals surface area contributed by atoms with Gasteiger partial charge >= 0.3 is 6.18 Å². The highest BCUT2D eigenvalue weighted by Gasteiger charge is 2.56. The van der Waals surface area contributed by atoms with Crippen LogP contribution in [0.25, 0.3) is 11.3 Å². The van der Waals surface area contributed by atoms with Gasteiger partial charge in [-0.3, -0.25) is 10.1 Å². The van der Waals surface area contributed by atoms with Crippen LogP contribution < -0.4 is 20.1 Å². The van der Waals surface area contributed by atoms with Gasteiger partial charge in [0.25, 0.3) is 5.91 Å². The minimum absolute atomic E-state index is 0.0148. The number of hydrogen-bond donors (Lipinski definition) is 4. The summed E-state index contributed by atoms with van der Waals surface area (Å²) in [6, 6.07) is 10.1. The van der Waals surface area contributed by atoms with Gasteiger partial charge in [-0.25, -0.2) is 9.37 Å². The number of carbonyl (C=O) groups excluding carboxylic acids is 1. The number of aliphatic hydroxyl groups is 2. The Labute approximate surface area is 238 Å². The maximum absolute atomic E-state index is 14.4. The molecular formula is C28H28ClF4N3O5. The molecule has 2 atom stereocenters. The van der Waals surface area contributed by atoms with Gasteiger partial charge in [-0.1, -0.05) is 11.6 Å². The largest absolute Gasteiger partial charge is 0.493 e. The lowest BCUT2D eigenvalue weighted by Gasteiger charge is -2.31. The number of alkyl halides is 3. The molecule has 0 bridgehead atoms. The Balaban J connectivity index is 1.66. The molecule has 1 aliphatic rings. The Morgan fingerprint density at radius 1 is 1.15 bits per heavy atom. The molecule has 41 heavy (non-hydrogen) atoms. The van der Waals surface area contributed by atoms with Crippen molar-refractivity contribution in [3.8, 4) is 22.8 Å². The number of hydrogen-bond acceptors (Lipinski definition) is 7. The van der Waals surface area contributed by atoms with Gasteiger partial charge in [0.05, 0.1) is 36.2 Å². The van der Waals surface area contributed by atoms with Gasteiger partial charge in [-0.05, 0) is 73.9 Å². The zero-order chi connectivity index (χ0) is 29.9. The number of aromatic nitrogens is 1. The number of benzene rings is 2. The van der Waals surface area contributed by atoms with Gasteiger partial charge in [-0.15, -0.1) is 0 Å². The Hall–Kier alpha value is -3.45. The van der Waals surface area contributed by atoms with E-state index < -0.39 is 42.0 Å². The van der Waals surface area contributed by atoms with Gasteiger partial charge < -0.3 is 25.0 Å². The van der Waals surface area contributed by atoms with E-state index in [-0.39, 0.29) is 45.8 Å². The second-order valence-electron chi connectivity index (χ2n) is 9.66. The van der Waals surface area contributed by atoms with E-state index in [1.165, 1.54) is 50.4 Å². The quantitative estimate of drug-likeness (QED) is 0.187. The normalized spacial score (nSPS) is 15.6. The van der Waals surface area contributed by atoms with Crippen molar-refractivity contribution < 1.29 is 42.0 Å². The summed E-state index contributed by atoms with van der Waals surface area (Å²) in [5.74, 6) is -1.00. The first-order chi connectivity index (χ1) is 19.3. The third-order valence-electron chi connectivity index (χ3n) is 6.34. The number of aliphatic hydroxyl groups excluding tert-OH is 1. The SMILES string of the molecule is COc1cc(C(=O)NCC(O)(c2cc(CNC(C)O)cc(-c3ccc(F)c(Cl)c3)n2)C(F)(F)F)ccc1OC1CC1. The summed E-state index contributed by atoms with van der Waals surface area (Å²) < 4.78 is 68.0. The van der Waals surface area contributed by atoms with Crippen molar-refractivity contribution in [3.63, 3.8) is 0 Å². The molecule has 2 aromatic carbocycles. The summed E-state index contributed by atoms with van der Waals surface area (Å²) in [7, 11) is 1.37. The van der Waals surface area contributed by atoms with E-state index in [2.05, 4.69) is 15.6 Å². The molecule has 2 unspecified atom stereocenters. The van der Waals surface area contributed by atoms with Crippen LogP contribution in [-0.2, 0) is 12.1 Å². The lowest BCUT2D eigenvalue weighted by atomic mass is 9.95. The average molecular weight is 598 g/mol. The Morgan fingerprint density at radius 2 is 1.88 bits per heavy atom. The second-order valence-corrected chi connectivity index (χ2v) is 10.1. The van der Waals surface area contributed by atoms with E-state index in [0.717, 1.165) is 25.0 Å². The maximum Gasteiger partial charge on any atom is 0.424 e. The summed E-state index contributed by atoms with van der Waals surface area (Å²) in [6.07, 6.45) is -4.43. The Morgan fingerprint density at radius 3 is 2.49 bits per heavy atom. The number of nitrogens with zero attached hydrogens (tertiary/aromatic N) is 1. The summed E-state index contributed by atoms with van der Waals surface area (Å²) in [5, 5.41) is 25.2. The number of amides is 1. The molecule has 0 spiro atoms. The monoisotopic (exact) mass is 597 g/mol. The lowest BCUT2D eigenvalue weighted by Crippen LogP contribution is -2.51. The Kier molecular flexibility index (Phi) is 9.07. The number of nitrogens with one attached hydrogen (secondary N) is 2. The van der Waals surface area contributed by atoms with Crippen molar-refractivity contribution in [2.45, 2.75) is 50.4 Å². The van der Waals surface area contributed by atoms with Crippen LogP contribution in [0, 0.1) is 5.82 Å². The molecule has 1 aromatic heterocycles. The zero-order valence-corrected chi connectivity index (χ0v) is 22.8. The molecule has 13 heteroatoms. The van der Waals surface area contributed by atoms with Crippen LogP contribution in [0.4, 0.5) is 17.6 Å². The molecule has 0 aliphatic heterocycles. The van der Waals surface area contributed by atoms with Crippen LogP contribution in [0.2, 0.25) is 5.02 Å². The molecule has 4 rings (SSSR count). The minimum atomic E-state index is -5.28. The van der Waals surface area contributed by atoms with Gasteiger partial charge in [0.1, 0.15) is 12.0 Å². The van der Waals surface area contributed by atoms with Gasteiger partial charge in [0.15, 0.2) is 11.5 Å². The first-order valence-electron chi connectivity index (χ1n) is 12.6. The molecule has 1 fully saturated rings. The van der Waals surface area contributed by atoms with Crippen molar-refractivity contribution in [2.75, 3.05) is 13.7 Å². The molecule has 220 valence electrons. The van der Waals surface area contributed by atoms with E-state index in [1.54, 1.807) is 0 Å². The van der Waals surface area contributed by atoms with Gasteiger partial charge in [-0.2, -0.15) is 13.2 Å². The predicted octanol–water partition coefficient (Wildman–Crippen LogP) is 4.70. The van der Waals surface area contributed by atoms with Gasteiger partial charge in [0, 0.05) is 17.7 Å². The third kappa shape index (κ3) is 7.25. The summed E-state index contributed by atoms with van der Waals surface area (Å²) in [4.78, 5) is 16.9. The molecular weight excluding hydrogens is 570 g/mol. The molecule has 1 heterocycles. The van der Waals surface area contributed by atoms with E-state index in [4.69, 9.17) is 21.1 Å². The number of carbonyl (C=O) groups is 1. The highest BCUT2D eigenvalue weighted by atomic mass is 35.5. The lowest BCUT2D eigenvalue weighted by molar-refractivity contribution is -0.265. The fourth-order valence-corrected chi connectivity index (χ4v) is 4.07. The van der Waals surface area contributed by atoms with Crippen molar-refractivity contribution in [1.82, 2.24) is 15.6 Å². The summed E-state index contributed by atoms with van der Waals surface area (Å²) >= 11 is 5.87. The van der Waals surface area contributed by atoms with Crippen LogP contribution in [0.3, 0.4) is 0 Å². The highest BCUT2D eigenvalue weighted by Crippen LogP contribution is 2.39. The van der Waals surface area contributed by atoms with Crippen LogP contribution in [0.5, 0.6) is 11.5 Å². The van der Waals surface area contributed by atoms with Gasteiger partial charge in [0.2, 0.25) is 5.60 Å². The Bertz CT molecular complexity index is 1420. The van der Waals surface area contributed by atoms with Crippen LogP contribution in [0.15, 0.2) is 48.5 Å². The van der Waals surface area contributed by atoms with Crippen molar-refractivity contribution in [1.29, 1.82) is 0 Å². The molecule has 1 saturated carbocycles. The fourth-order valence-electron chi connectivity index (χ4n) is 3.89. The molecule has 3 aromatic rings. The van der Waals surface area contributed by atoms with E-state index in [1.807, 2.05) is 0 Å². The zero-order valence-electron chi connectivity index (χ0n) is 22.1. The second kappa shape index (κ2) is 12.2. The van der Waals surface area contributed by atoms with E-state index in [9.17, 15) is 32.6 Å². The minimum Gasteiger partial charge on any atom is -0.493 e. The van der Waals surface area contributed by atoms with E-state index >= 15 is 0 Å². The molecule has 0 radical (unpaired) electrons. The van der Waals surface area contributed by atoms with E-state index in [0.29, 0.717) is 5.75 Å². The fraction of sp³-hybridized carbons (Fsp3) is 0.357. The number of methoxy groups -OCH3 is 1. The number of ether oxygens (including phenoxy) is 2. The van der Waals surface area contributed by atoms with Crippen molar-refractivity contribution in [2.24, 2.45) is 0 Å². The highest BCUT2D eigenvalue weighted by molar-refractivity contribution is 6.31. The van der Waals surface area contributed by atoms with Crippen molar-refractivity contribution >= 4 is 17.5 Å². The topological polar surface area (TPSA) is 113 Å². The molecule has 4 N–H and O–H groups in total. The predicted molar refractivity (Wildman–Crippen MR) is 142 cm³/mol. The average Bonchev–Trinajstić information content (AvgIpc) is 3.75. The van der Waals surface area contributed by atoms with Crippen molar-refractivity contribution in [3.05, 3.63) is 76.2 Å². The third-order valence-corrected chi connectivity index (χ3v) is 6.63. The van der Waals surface area contributed by atoms with Crippen LogP contribution in [0.1, 0.15) is 41.4 Å². The molecule has 0 saturated heterocycles. The maximum atomic E-state index is 14.4. The number of pyridine rings is 1. The van der Waals surface area contributed by atoms with Crippen LogP contribution in [-0.4, -0.2) is 53.3 Å². The number of rotatable bonds is 11. The first-order valence-corrected chi connectivity index (χ1v) is 13.0. The smallest absolute Gasteiger partial charge is 0.424 e. The first kappa shape index (κ1) is 30.5. The molecule has 1 amide bonds. The molecule has 8 nitrogen and oxygen atoms in total. The van der Waals surface area contributed by atoms with Crippen LogP contribution >= 0.6 is 11.6 Å². The number of halogens is 5. The standard InChI is InChI=1S/C28H28ClF4N3O5/c1-15(37)34-13-16-9-22(17-3-7-21(30)20(29)11-17)36-25(10-16)27(39,28(31,32)33)14-35-26(38)18-4-8-23(24(12-18)40-2)41-19-5-6-19/h3-4,7-12,15,19,34,37,39H,5-6,13-14H2,1-2H3,(H,35,38). The summed E-state index contributed by atoms with van der Waals surface area (Å²) in [6.45, 7) is 0.0519.